The van der Waals surface area contributed by atoms with Gasteiger partial charge in [-0.05, 0) is 56.3 Å². The SMILES string of the molecule is Cc1ccc(-n2c(=O)c3ccccc3n3c(SC(C)C(=O)Nc4cccc(Cl)c4)nnc23)cc1. The molecular formula is C25H20ClN5O2S. The lowest BCUT2D eigenvalue weighted by Gasteiger charge is -2.13. The molecule has 0 radical (unpaired) electrons. The van der Waals surface area contributed by atoms with Crippen molar-refractivity contribution in [3.8, 4) is 5.69 Å². The Bertz CT molecular complexity index is 1590. The number of para-hydroxylation sites is 1. The summed E-state index contributed by atoms with van der Waals surface area (Å²) in [7, 11) is 0. The number of aromatic nitrogens is 4. The van der Waals surface area contributed by atoms with Crippen molar-refractivity contribution >= 4 is 51.6 Å². The second kappa shape index (κ2) is 8.96. The zero-order chi connectivity index (χ0) is 23.8. The van der Waals surface area contributed by atoms with Gasteiger partial charge in [-0.25, -0.2) is 4.57 Å². The van der Waals surface area contributed by atoms with Gasteiger partial charge in [0.15, 0.2) is 5.16 Å². The highest BCUT2D eigenvalue weighted by atomic mass is 35.5. The van der Waals surface area contributed by atoms with Crippen LogP contribution < -0.4 is 10.9 Å². The van der Waals surface area contributed by atoms with E-state index in [4.69, 9.17) is 11.6 Å². The predicted molar refractivity (Wildman–Crippen MR) is 136 cm³/mol. The molecule has 34 heavy (non-hydrogen) atoms. The molecule has 0 saturated carbocycles. The van der Waals surface area contributed by atoms with Gasteiger partial charge in [0.2, 0.25) is 11.7 Å². The van der Waals surface area contributed by atoms with Gasteiger partial charge in [-0.2, -0.15) is 0 Å². The van der Waals surface area contributed by atoms with Crippen molar-refractivity contribution in [3.63, 3.8) is 0 Å². The average molecular weight is 490 g/mol. The molecule has 1 amide bonds. The Morgan fingerprint density at radius 2 is 1.79 bits per heavy atom. The van der Waals surface area contributed by atoms with E-state index in [0.29, 0.717) is 38.2 Å². The number of halogens is 1. The number of nitrogens with one attached hydrogen (secondary N) is 1. The smallest absolute Gasteiger partial charge is 0.267 e. The molecule has 0 fully saturated rings. The maximum Gasteiger partial charge on any atom is 0.267 e. The monoisotopic (exact) mass is 489 g/mol. The fourth-order valence-corrected chi connectivity index (χ4v) is 4.75. The number of carbonyl (C=O) groups excluding carboxylic acids is 1. The summed E-state index contributed by atoms with van der Waals surface area (Å²) in [4.78, 5) is 26.2. The molecule has 3 aromatic carbocycles. The zero-order valence-corrected chi connectivity index (χ0v) is 20.0. The van der Waals surface area contributed by atoms with Crippen LogP contribution in [-0.4, -0.2) is 30.3 Å². The van der Waals surface area contributed by atoms with Gasteiger partial charge < -0.3 is 5.32 Å². The number of aryl methyl sites for hydroxylation is 1. The van der Waals surface area contributed by atoms with Crippen molar-refractivity contribution in [2.45, 2.75) is 24.3 Å². The quantitative estimate of drug-likeness (QED) is 0.347. The summed E-state index contributed by atoms with van der Waals surface area (Å²) in [5, 5.41) is 12.7. The topological polar surface area (TPSA) is 81.3 Å². The highest BCUT2D eigenvalue weighted by Gasteiger charge is 2.22. The lowest BCUT2D eigenvalue weighted by molar-refractivity contribution is -0.115. The van der Waals surface area contributed by atoms with E-state index in [0.717, 1.165) is 5.56 Å². The predicted octanol–water partition coefficient (Wildman–Crippen LogP) is 5.11. The van der Waals surface area contributed by atoms with E-state index < -0.39 is 5.25 Å². The number of anilines is 1. The summed E-state index contributed by atoms with van der Waals surface area (Å²) < 4.78 is 3.37. The molecule has 2 heterocycles. The van der Waals surface area contributed by atoms with Crippen LogP contribution >= 0.6 is 23.4 Å². The standard InChI is InChI=1S/C25H20ClN5O2S/c1-15-10-12-19(13-11-15)30-23(33)20-8-3-4-9-21(20)31-24(30)28-29-25(31)34-16(2)22(32)27-18-7-5-6-17(26)14-18/h3-14,16H,1-2H3,(H,27,32). The molecule has 0 aliphatic rings. The molecule has 170 valence electrons. The summed E-state index contributed by atoms with van der Waals surface area (Å²) >= 11 is 7.29. The van der Waals surface area contributed by atoms with Crippen LogP contribution in [0.15, 0.2) is 82.7 Å². The van der Waals surface area contributed by atoms with Crippen LogP contribution in [0.3, 0.4) is 0 Å². The Balaban J connectivity index is 1.58. The minimum Gasteiger partial charge on any atom is -0.325 e. The van der Waals surface area contributed by atoms with Gasteiger partial charge >= 0.3 is 0 Å². The van der Waals surface area contributed by atoms with Crippen molar-refractivity contribution in [1.82, 2.24) is 19.2 Å². The van der Waals surface area contributed by atoms with E-state index in [9.17, 15) is 9.59 Å². The van der Waals surface area contributed by atoms with Crippen LogP contribution in [0.25, 0.3) is 22.4 Å². The minimum atomic E-state index is -0.482. The highest BCUT2D eigenvalue weighted by molar-refractivity contribution is 8.00. The number of hydrogen-bond acceptors (Lipinski definition) is 5. The van der Waals surface area contributed by atoms with Crippen LogP contribution in [0.1, 0.15) is 12.5 Å². The van der Waals surface area contributed by atoms with Gasteiger partial charge in [0.25, 0.3) is 5.56 Å². The van der Waals surface area contributed by atoms with Crippen molar-refractivity contribution in [1.29, 1.82) is 0 Å². The summed E-state index contributed by atoms with van der Waals surface area (Å²) in [6.45, 7) is 3.79. The number of rotatable bonds is 5. The maximum absolute atomic E-state index is 13.4. The lowest BCUT2D eigenvalue weighted by Crippen LogP contribution is -2.23. The normalized spacial score (nSPS) is 12.2. The fraction of sp³-hybridized carbons (Fsp3) is 0.120. The van der Waals surface area contributed by atoms with E-state index >= 15 is 0 Å². The Kier molecular flexibility index (Phi) is 5.85. The van der Waals surface area contributed by atoms with Crippen LogP contribution in [0.2, 0.25) is 5.02 Å². The van der Waals surface area contributed by atoms with E-state index in [-0.39, 0.29) is 11.5 Å². The van der Waals surface area contributed by atoms with Crippen LogP contribution in [-0.2, 0) is 4.79 Å². The molecule has 2 aromatic heterocycles. The van der Waals surface area contributed by atoms with Gasteiger partial charge in [0, 0.05) is 10.7 Å². The molecule has 0 bridgehead atoms. The number of hydrogen-bond donors (Lipinski definition) is 1. The molecule has 0 spiro atoms. The summed E-state index contributed by atoms with van der Waals surface area (Å²) in [6, 6.07) is 22.0. The van der Waals surface area contributed by atoms with Crippen molar-refractivity contribution in [2.24, 2.45) is 0 Å². The Morgan fingerprint density at radius 1 is 1.03 bits per heavy atom. The number of thioether (sulfide) groups is 1. The highest BCUT2D eigenvalue weighted by Crippen LogP contribution is 2.27. The molecule has 5 aromatic rings. The molecule has 7 nitrogen and oxygen atoms in total. The Hall–Kier alpha value is -3.62. The number of amides is 1. The summed E-state index contributed by atoms with van der Waals surface area (Å²) in [5.74, 6) is 0.192. The third kappa shape index (κ3) is 4.06. The largest absolute Gasteiger partial charge is 0.325 e. The molecule has 1 unspecified atom stereocenters. The number of benzene rings is 3. The van der Waals surface area contributed by atoms with E-state index in [1.807, 2.05) is 53.8 Å². The van der Waals surface area contributed by atoms with E-state index in [2.05, 4.69) is 15.5 Å². The number of carbonyl (C=O) groups is 1. The molecular weight excluding hydrogens is 470 g/mol. The summed E-state index contributed by atoms with van der Waals surface area (Å²) in [5.41, 5.74) is 2.91. The lowest BCUT2D eigenvalue weighted by atomic mass is 10.2. The van der Waals surface area contributed by atoms with E-state index in [1.54, 1.807) is 41.8 Å². The maximum atomic E-state index is 13.4. The Morgan fingerprint density at radius 3 is 2.56 bits per heavy atom. The number of fused-ring (bicyclic) bond motifs is 3. The first-order valence-corrected chi connectivity index (χ1v) is 11.9. The average Bonchev–Trinajstić information content (AvgIpc) is 3.23. The fourth-order valence-electron chi connectivity index (χ4n) is 3.70. The third-order valence-corrected chi connectivity index (χ3v) is 6.71. The first-order valence-electron chi connectivity index (χ1n) is 10.6. The van der Waals surface area contributed by atoms with Gasteiger partial charge in [-0.1, -0.05) is 59.3 Å². The first kappa shape index (κ1) is 22.2. The molecule has 1 N–H and O–H groups in total. The first-order chi connectivity index (χ1) is 16.4. The van der Waals surface area contributed by atoms with Gasteiger partial charge in [-0.3, -0.25) is 14.0 Å². The second-order valence-electron chi connectivity index (χ2n) is 7.87. The number of nitrogens with zero attached hydrogens (tertiary/aromatic N) is 4. The van der Waals surface area contributed by atoms with E-state index in [1.165, 1.54) is 11.8 Å². The van der Waals surface area contributed by atoms with Gasteiger partial charge in [0.1, 0.15) is 0 Å². The molecule has 1 atom stereocenters. The molecule has 0 aliphatic carbocycles. The summed E-state index contributed by atoms with van der Waals surface area (Å²) in [6.07, 6.45) is 0. The molecule has 9 heteroatoms. The Labute approximate surface area is 204 Å². The molecule has 0 aliphatic heterocycles. The van der Waals surface area contributed by atoms with Crippen LogP contribution in [0, 0.1) is 6.92 Å². The zero-order valence-electron chi connectivity index (χ0n) is 18.4. The second-order valence-corrected chi connectivity index (χ2v) is 9.62. The van der Waals surface area contributed by atoms with Crippen LogP contribution in [0.4, 0.5) is 5.69 Å². The van der Waals surface area contributed by atoms with Crippen molar-refractivity contribution < 1.29 is 4.79 Å². The third-order valence-electron chi connectivity index (χ3n) is 5.43. The molecule has 0 saturated heterocycles. The van der Waals surface area contributed by atoms with Crippen molar-refractivity contribution in [2.75, 3.05) is 5.32 Å². The van der Waals surface area contributed by atoms with Crippen molar-refractivity contribution in [3.05, 3.63) is 93.7 Å². The van der Waals surface area contributed by atoms with Gasteiger partial charge in [-0.15, -0.1) is 10.2 Å². The molecule has 5 rings (SSSR count). The van der Waals surface area contributed by atoms with Gasteiger partial charge in [0.05, 0.1) is 21.8 Å². The minimum absolute atomic E-state index is 0.178. The van der Waals surface area contributed by atoms with Crippen LogP contribution in [0.5, 0.6) is 0 Å².